The van der Waals surface area contributed by atoms with Gasteiger partial charge in [0.05, 0.1) is 0 Å². The molecule has 0 N–H and O–H groups in total. The average molecular weight is 176 g/mol. The van der Waals surface area contributed by atoms with Gasteiger partial charge in [-0.15, -0.1) is 0 Å². The number of likely N-dealkylation sites (tertiary alicyclic amines) is 1. The monoisotopic (exact) mass is 176 g/mol. The zero-order valence-electron chi connectivity index (χ0n) is 8.08. The predicted octanol–water partition coefficient (Wildman–Crippen LogP) is 2.67. The Morgan fingerprint density at radius 1 is 0.923 bits per heavy atom. The van der Waals surface area contributed by atoms with Crippen LogP contribution in [0.4, 0.5) is 0 Å². The lowest BCUT2D eigenvalue weighted by atomic mass is 10.1. The Kier molecular flexibility index (Phi) is 2.98. The van der Waals surface area contributed by atoms with Gasteiger partial charge in [0, 0.05) is 6.54 Å². The summed E-state index contributed by atoms with van der Waals surface area (Å²) in [7, 11) is 0. The number of hydrogen-bond acceptors (Lipinski definition) is 1. The predicted molar refractivity (Wildman–Crippen MR) is 55.6 cm³/mol. The molecule has 1 aliphatic rings. The summed E-state index contributed by atoms with van der Waals surface area (Å²) < 4.78 is 0. The highest BCUT2D eigenvalue weighted by molar-refractivity contribution is 5.14. The van der Waals surface area contributed by atoms with E-state index >= 15 is 0 Å². The van der Waals surface area contributed by atoms with Gasteiger partial charge in [-0.3, -0.25) is 4.90 Å². The molecule has 70 valence electrons. The molecule has 2 rings (SSSR count). The van der Waals surface area contributed by atoms with Gasteiger partial charge in [-0.1, -0.05) is 36.8 Å². The van der Waals surface area contributed by atoms with Gasteiger partial charge in [-0.05, 0) is 31.5 Å². The smallest absolute Gasteiger partial charge is 0.0233 e. The second-order valence-electron chi connectivity index (χ2n) is 3.82. The van der Waals surface area contributed by atoms with Crippen LogP contribution in [0.5, 0.6) is 0 Å². The van der Waals surface area contributed by atoms with E-state index in [1.54, 1.807) is 0 Å². The van der Waals surface area contributed by atoms with Crippen LogP contribution in [0.3, 0.4) is 0 Å². The SMILES string of the molecule is c1ccc(C[15N]2CCCCC2)cc1. The van der Waals surface area contributed by atoms with Crippen molar-refractivity contribution in [2.24, 2.45) is 0 Å². The van der Waals surface area contributed by atoms with Crippen molar-refractivity contribution in [1.29, 1.82) is 0 Å². The van der Waals surface area contributed by atoms with Crippen LogP contribution < -0.4 is 0 Å². The average Bonchev–Trinajstić information content (AvgIpc) is 2.21. The van der Waals surface area contributed by atoms with E-state index in [9.17, 15) is 0 Å². The van der Waals surface area contributed by atoms with E-state index in [2.05, 4.69) is 35.2 Å². The van der Waals surface area contributed by atoms with Crippen LogP contribution in [0.1, 0.15) is 24.8 Å². The lowest BCUT2D eigenvalue weighted by Gasteiger charge is -2.26. The van der Waals surface area contributed by atoms with Crippen LogP contribution in [0.15, 0.2) is 30.3 Å². The fourth-order valence-corrected chi connectivity index (χ4v) is 1.96. The maximum absolute atomic E-state index is 2.55. The molecule has 1 aliphatic heterocycles. The van der Waals surface area contributed by atoms with Crippen molar-refractivity contribution >= 4 is 0 Å². The molecule has 0 spiro atoms. The standard InChI is InChI=1S/C12H17N/c1-3-7-12(8-4-1)11-13-9-5-2-6-10-13/h1,3-4,7-8H,2,5-6,9-11H2/i13+1. The minimum atomic E-state index is 1.14. The highest BCUT2D eigenvalue weighted by Crippen LogP contribution is 2.12. The van der Waals surface area contributed by atoms with Gasteiger partial charge in [0.2, 0.25) is 0 Å². The fraction of sp³-hybridized carbons (Fsp3) is 0.500. The second kappa shape index (κ2) is 4.43. The maximum Gasteiger partial charge on any atom is 0.0233 e. The number of nitrogens with zero attached hydrogens (tertiary/aromatic N) is 1. The lowest BCUT2D eigenvalue weighted by Crippen LogP contribution is -2.28. The molecule has 0 amide bonds. The molecular weight excluding hydrogens is 159 g/mol. The van der Waals surface area contributed by atoms with E-state index in [4.69, 9.17) is 0 Å². The first-order valence-corrected chi connectivity index (χ1v) is 5.21. The molecule has 1 aromatic carbocycles. The van der Waals surface area contributed by atoms with Crippen LogP contribution in [0, 0.1) is 0 Å². The van der Waals surface area contributed by atoms with E-state index < -0.39 is 0 Å². The molecule has 0 atom stereocenters. The van der Waals surface area contributed by atoms with E-state index in [-0.39, 0.29) is 0 Å². The van der Waals surface area contributed by atoms with Crippen molar-refractivity contribution in [1.82, 2.24) is 4.90 Å². The summed E-state index contributed by atoms with van der Waals surface area (Å²) >= 11 is 0. The first kappa shape index (κ1) is 8.76. The van der Waals surface area contributed by atoms with Gasteiger partial charge < -0.3 is 0 Å². The van der Waals surface area contributed by atoms with Gasteiger partial charge in [0.15, 0.2) is 0 Å². The van der Waals surface area contributed by atoms with Crippen molar-refractivity contribution in [3.8, 4) is 0 Å². The van der Waals surface area contributed by atoms with Crippen molar-refractivity contribution < 1.29 is 0 Å². The molecule has 1 aromatic rings. The third-order valence-corrected chi connectivity index (χ3v) is 2.70. The molecule has 0 aliphatic carbocycles. The largest absolute Gasteiger partial charge is 0.299 e. The zero-order valence-corrected chi connectivity index (χ0v) is 8.08. The van der Waals surface area contributed by atoms with Crippen LogP contribution >= 0.6 is 0 Å². The zero-order chi connectivity index (χ0) is 8.93. The first-order valence-electron chi connectivity index (χ1n) is 5.21. The third kappa shape index (κ3) is 2.56. The molecule has 0 bridgehead atoms. The van der Waals surface area contributed by atoms with E-state index in [0.717, 1.165) is 6.54 Å². The Hall–Kier alpha value is -0.820. The highest BCUT2D eigenvalue weighted by Gasteiger charge is 2.09. The maximum atomic E-state index is 2.55. The second-order valence-corrected chi connectivity index (χ2v) is 3.82. The number of piperidine rings is 1. The Balaban J connectivity index is 1.90. The summed E-state index contributed by atoms with van der Waals surface area (Å²) in [5.74, 6) is 0. The van der Waals surface area contributed by atoms with Crippen LogP contribution in [0.2, 0.25) is 0 Å². The summed E-state index contributed by atoms with van der Waals surface area (Å²) in [4.78, 5) is 2.55. The molecule has 1 heterocycles. The molecule has 1 saturated heterocycles. The summed E-state index contributed by atoms with van der Waals surface area (Å²) in [5.41, 5.74) is 1.45. The molecule has 1 nitrogen and oxygen atoms in total. The number of hydrogen-bond donors (Lipinski definition) is 0. The minimum Gasteiger partial charge on any atom is -0.299 e. The number of rotatable bonds is 2. The first-order chi connectivity index (χ1) is 6.45. The van der Waals surface area contributed by atoms with E-state index in [0.29, 0.717) is 0 Å². The van der Waals surface area contributed by atoms with Crippen molar-refractivity contribution in [2.45, 2.75) is 25.8 Å². The van der Waals surface area contributed by atoms with Gasteiger partial charge in [-0.25, -0.2) is 0 Å². The van der Waals surface area contributed by atoms with Gasteiger partial charge in [0.25, 0.3) is 0 Å². The summed E-state index contributed by atoms with van der Waals surface area (Å²) in [6, 6.07) is 10.8. The molecule has 0 unspecified atom stereocenters. The molecule has 13 heavy (non-hydrogen) atoms. The Bertz CT molecular complexity index is 237. The summed E-state index contributed by atoms with van der Waals surface area (Å²) in [6.07, 6.45) is 4.19. The summed E-state index contributed by atoms with van der Waals surface area (Å²) in [6.45, 7) is 3.71. The molecule has 0 aromatic heterocycles. The van der Waals surface area contributed by atoms with Crippen LogP contribution in [-0.4, -0.2) is 18.0 Å². The van der Waals surface area contributed by atoms with Crippen LogP contribution in [0.25, 0.3) is 0 Å². The van der Waals surface area contributed by atoms with Crippen molar-refractivity contribution in [2.75, 3.05) is 13.1 Å². The topological polar surface area (TPSA) is 3.24 Å². The van der Waals surface area contributed by atoms with E-state index in [1.165, 1.54) is 37.9 Å². The quantitative estimate of drug-likeness (QED) is 0.626. The lowest BCUT2D eigenvalue weighted by molar-refractivity contribution is 0.221. The number of benzene rings is 1. The van der Waals surface area contributed by atoms with Crippen LogP contribution in [-0.2, 0) is 6.54 Å². The molecule has 1 fully saturated rings. The molecular formula is C12H17N. The Morgan fingerprint density at radius 3 is 2.31 bits per heavy atom. The Labute approximate surface area is 80.4 Å². The minimum absolute atomic E-state index is 1.14. The van der Waals surface area contributed by atoms with E-state index in [1.807, 2.05) is 0 Å². The van der Waals surface area contributed by atoms with Gasteiger partial charge in [0.1, 0.15) is 0 Å². The summed E-state index contributed by atoms with van der Waals surface area (Å²) in [5, 5.41) is 0. The molecule has 0 radical (unpaired) electrons. The normalized spacial score (nSPS) is 18.8. The fourth-order valence-electron chi connectivity index (χ4n) is 1.96. The van der Waals surface area contributed by atoms with Crippen molar-refractivity contribution in [3.05, 3.63) is 35.9 Å². The highest BCUT2D eigenvalue weighted by atomic mass is 15.8. The Morgan fingerprint density at radius 2 is 1.62 bits per heavy atom. The molecule has 0 saturated carbocycles. The van der Waals surface area contributed by atoms with Gasteiger partial charge in [-0.2, -0.15) is 0 Å². The van der Waals surface area contributed by atoms with Crippen molar-refractivity contribution in [3.63, 3.8) is 0 Å². The third-order valence-electron chi connectivity index (χ3n) is 2.70. The molecule has 1 heteroatoms. The van der Waals surface area contributed by atoms with Gasteiger partial charge >= 0.3 is 0 Å².